The molecule has 3 amide bonds. The predicted molar refractivity (Wildman–Crippen MR) is 109 cm³/mol. The van der Waals surface area contributed by atoms with E-state index in [1.54, 1.807) is 24.3 Å². The van der Waals surface area contributed by atoms with E-state index in [2.05, 4.69) is 21.2 Å². The molecule has 3 aromatic rings. The lowest BCUT2D eigenvalue weighted by Gasteiger charge is -2.06. The molecule has 2 heterocycles. The maximum absolute atomic E-state index is 12.8. The summed E-state index contributed by atoms with van der Waals surface area (Å²) in [6, 6.07) is 9.48. The highest BCUT2D eigenvalue weighted by atomic mass is 32.1. The Morgan fingerprint density at radius 3 is 2.44 bits per heavy atom. The number of carbonyl (C=O) groups is 3. The Morgan fingerprint density at radius 2 is 1.78 bits per heavy atom. The number of halogens is 3. The highest BCUT2D eigenvalue weighted by molar-refractivity contribution is 7.22. The van der Waals surface area contributed by atoms with E-state index in [0.29, 0.717) is 21.5 Å². The van der Waals surface area contributed by atoms with Crippen LogP contribution in [0.3, 0.4) is 0 Å². The van der Waals surface area contributed by atoms with E-state index in [4.69, 9.17) is 4.74 Å². The van der Waals surface area contributed by atoms with Gasteiger partial charge in [-0.1, -0.05) is 23.5 Å². The summed E-state index contributed by atoms with van der Waals surface area (Å²) < 4.78 is 44.1. The molecule has 1 fully saturated rings. The van der Waals surface area contributed by atoms with Gasteiger partial charge in [0.15, 0.2) is 11.7 Å². The average Bonchev–Trinajstić information content (AvgIpc) is 3.29. The number of nitrogens with one attached hydrogen (secondary N) is 3. The third-order valence-corrected chi connectivity index (χ3v) is 5.24. The van der Waals surface area contributed by atoms with Crippen molar-refractivity contribution >= 4 is 50.5 Å². The zero-order valence-corrected chi connectivity index (χ0v) is 16.8. The van der Waals surface area contributed by atoms with Crippen molar-refractivity contribution in [2.75, 3.05) is 11.9 Å². The minimum atomic E-state index is -4.46. The lowest BCUT2D eigenvalue weighted by Crippen LogP contribution is -2.28. The first kappa shape index (κ1) is 21.3. The lowest BCUT2D eigenvalue weighted by atomic mass is 10.1. The molecule has 4 rings (SSSR count). The number of aromatic nitrogens is 1. The van der Waals surface area contributed by atoms with Gasteiger partial charge in [0.1, 0.15) is 11.3 Å². The fourth-order valence-corrected chi connectivity index (χ4v) is 3.69. The standard InChI is InChI=1S/C20H13F3N4O4S/c21-20(22,23)11-3-6-14-15(8-11)32-19(24-14)25-16(28)9-31-12-4-1-10(2-5-12)7-13-17(29)26-27-18(13)30/h1-8H,9H2,(H,26,29)(H,27,30)(H,24,25,28). The summed E-state index contributed by atoms with van der Waals surface area (Å²) >= 11 is 0.925. The van der Waals surface area contributed by atoms with Crippen molar-refractivity contribution in [3.05, 3.63) is 59.2 Å². The van der Waals surface area contributed by atoms with E-state index in [1.165, 1.54) is 12.1 Å². The number of fused-ring (bicyclic) bond motifs is 1. The predicted octanol–water partition coefficient (Wildman–Crippen LogP) is 2.88. The molecule has 1 aromatic heterocycles. The molecule has 0 aliphatic carbocycles. The van der Waals surface area contributed by atoms with E-state index >= 15 is 0 Å². The Balaban J connectivity index is 1.35. The monoisotopic (exact) mass is 462 g/mol. The first-order valence-electron chi connectivity index (χ1n) is 9.02. The fraction of sp³-hybridized carbons (Fsp3) is 0.100. The number of thiazole rings is 1. The first-order valence-corrected chi connectivity index (χ1v) is 9.83. The van der Waals surface area contributed by atoms with Crippen molar-refractivity contribution < 1.29 is 32.3 Å². The second-order valence-electron chi connectivity index (χ2n) is 6.57. The number of nitrogens with zero attached hydrogens (tertiary/aromatic N) is 1. The number of anilines is 1. The normalized spacial score (nSPS) is 13.7. The fourth-order valence-electron chi connectivity index (χ4n) is 2.77. The largest absolute Gasteiger partial charge is 0.484 e. The van der Waals surface area contributed by atoms with Gasteiger partial charge in [-0.25, -0.2) is 4.98 Å². The highest BCUT2D eigenvalue weighted by Crippen LogP contribution is 2.34. The molecule has 0 saturated carbocycles. The van der Waals surface area contributed by atoms with Gasteiger partial charge in [0, 0.05) is 0 Å². The van der Waals surface area contributed by atoms with Crippen LogP contribution in [0.15, 0.2) is 48.0 Å². The molecule has 12 heteroatoms. The van der Waals surface area contributed by atoms with Gasteiger partial charge in [0.05, 0.1) is 15.8 Å². The van der Waals surface area contributed by atoms with Gasteiger partial charge in [-0.05, 0) is 42.0 Å². The molecule has 8 nitrogen and oxygen atoms in total. The van der Waals surface area contributed by atoms with E-state index in [1.807, 2.05) is 0 Å². The lowest BCUT2D eigenvalue weighted by molar-refractivity contribution is -0.137. The van der Waals surface area contributed by atoms with Crippen molar-refractivity contribution in [3.8, 4) is 5.75 Å². The zero-order chi connectivity index (χ0) is 22.9. The van der Waals surface area contributed by atoms with E-state index in [9.17, 15) is 27.6 Å². The number of ether oxygens (including phenoxy) is 1. The quantitative estimate of drug-likeness (QED) is 0.399. The molecule has 32 heavy (non-hydrogen) atoms. The van der Waals surface area contributed by atoms with Gasteiger partial charge in [-0.15, -0.1) is 0 Å². The van der Waals surface area contributed by atoms with Crippen molar-refractivity contribution in [1.82, 2.24) is 15.8 Å². The maximum atomic E-state index is 12.8. The summed E-state index contributed by atoms with van der Waals surface area (Å²) in [5.41, 5.74) is 4.48. The van der Waals surface area contributed by atoms with Crippen LogP contribution in [-0.4, -0.2) is 29.3 Å². The minimum Gasteiger partial charge on any atom is -0.484 e. The molecule has 0 unspecified atom stereocenters. The maximum Gasteiger partial charge on any atom is 0.416 e. The molecule has 0 spiro atoms. The van der Waals surface area contributed by atoms with Crippen LogP contribution in [0.2, 0.25) is 0 Å². The van der Waals surface area contributed by atoms with Gasteiger partial charge < -0.3 is 4.74 Å². The van der Waals surface area contributed by atoms with Crippen LogP contribution in [0, 0.1) is 0 Å². The van der Waals surface area contributed by atoms with Crippen LogP contribution >= 0.6 is 11.3 Å². The SMILES string of the molecule is O=C(COc1ccc(C=C2C(=O)NNC2=O)cc1)Nc1nc2ccc(C(F)(F)F)cc2s1. The van der Waals surface area contributed by atoms with Crippen LogP contribution in [0.5, 0.6) is 5.75 Å². The number of hydrazine groups is 1. The van der Waals surface area contributed by atoms with Gasteiger partial charge in [0.25, 0.3) is 17.7 Å². The Hall–Kier alpha value is -3.93. The smallest absolute Gasteiger partial charge is 0.416 e. The third kappa shape index (κ3) is 4.70. The molecule has 0 bridgehead atoms. The van der Waals surface area contributed by atoms with Crippen molar-refractivity contribution in [2.45, 2.75) is 6.18 Å². The van der Waals surface area contributed by atoms with Gasteiger partial charge >= 0.3 is 6.18 Å². The molecule has 1 aliphatic rings. The van der Waals surface area contributed by atoms with Gasteiger partial charge in [-0.3, -0.25) is 30.6 Å². The molecular formula is C20H13F3N4O4S. The number of carbonyl (C=O) groups excluding carboxylic acids is 3. The van der Waals surface area contributed by atoms with Crippen molar-refractivity contribution in [3.63, 3.8) is 0 Å². The minimum absolute atomic E-state index is 0.0313. The van der Waals surface area contributed by atoms with Crippen LogP contribution < -0.4 is 20.9 Å². The molecule has 3 N–H and O–H groups in total. The van der Waals surface area contributed by atoms with Gasteiger partial charge in [0.2, 0.25) is 0 Å². The van der Waals surface area contributed by atoms with E-state index < -0.39 is 29.5 Å². The number of hydrogen-bond donors (Lipinski definition) is 3. The number of amides is 3. The molecule has 0 atom stereocenters. The van der Waals surface area contributed by atoms with Crippen LogP contribution in [0.25, 0.3) is 16.3 Å². The molecular weight excluding hydrogens is 449 g/mol. The summed E-state index contributed by atoms with van der Waals surface area (Å²) in [7, 11) is 0. The second-order valence-corrected chi connectivity index (χ2v) is 7.60. The highest BCUT2D eigenvalue weighted by Gasteiger charge is 2.30. The topological polar surface area (TPSA) is 109 Å². The summed E-state index contributed by atoms with van der Waals surface area (Å²) in [6.07, 6.45) is -3.05. The Morgan fingerprint density at radius 1 is 1.09 bits per heavy atom. The number of benzene rings is 2. The first-order chi connectivity index (χ1) is 15.2. The van der Waals surface area contributed by atoms with Crippen molar-refractivity contribution in [2.24, 2.45) is 0 Å². The zero-order valence-electron chi connectivity index (χ0n) is 15.9. The Labute approximate surface area is 182 Å². The summed E-state index contributed by atoms with van der Waals surface area (Å²) in [4.78, 5) is 39.2. The summed E-state index contributed by atoms with van der Waals surface area (Å²) in [5.74, 6) is -1.24. The van der Waals surface area contributed by atoms with Crippen molar-refractivity contribution in [1.29, 1.82) is 0 Å². The molecule has 1 saturated heterocycles. The Kier molecular flexibility index (Phi) is 5.53. The molecule has 164 valence electrons. The van der Waals surface area contributed by atoms with Gasteiger partial charge in [-0.2, -0.15) is 13.2 Å². The van der Waals surface area contributed by atoms with Crippen LogP contribution in [-0.2, 0) is 20.6 Å². The summed E-state index contributed by atoms with van der Waals surface area (Å²) in [5, 5.41) is 2.65. The van der Waals surface area contributed by atoms with Crippen LogP contribution in [0.1, 0.15) is 11.1 Å². The average molecular weight is 462 g/mol. The van der Waals surface area contributed by atoms with Crippen LogP contribution in [0.4, 0.5) is 18.3 Å². The van der Waals surface area contributed by atoms with E-state index in [0.717, 1.165) is 23.5 Å². The molecule has 2 aromatic carbocycles. The van der Waals surface area contributed by atoms with E-state index in [-0.39, 0.29) is 17.3 Å². The number of hydrogen-bond acceptors (Lipinski definition) is 6. The summed E-state index contributed by atoms with van der Waals surface area (Å²) in [6.45, 7) is -0.352. The second kappa shape index (κ2) is 8.30. The Bertz CT molecular complexity index is 1230. The number of alkyl halides is 3. The molecule has 1 aliphatic heterocycles. The number of rotatable bonds is 5. The molecule has 0 radical (unpaired) electrons. The third-order valence-electron chi connectivity index (χ3n) is 4.30.